The topological polar surface area (TPSA) is 86.8 Å². The summed E-state index contributed by atoms with van der Waals surface area (Å²) in [6.45, 7) is 5.78. The van der Waals surface area contributed by atoms with Crippen LogP contribution >= 0.6 is 23.2 Å². The Hall–Kier alpha value is -3.07. The van der Waals surface area contributed by atoms with Crippen LogP contribution in [0, 0.1) is 6.92 Å². The van der Waals surface area contributed by atoms with Crippen LogP contribution in [0.25, 0.3) is 0 Å². The smallest absolute Gasteiger partial charge is 0.264 e. The Balaban J connectivity index is 2.03. The van der Waals surface area contributed by atoms with Crippen LogP contribution in [0.1, 0.15) is 44.2 Å². The van der Waals surface area contributed by atoms with Crippen molar-refractivity contribution in [3.8, 4) is 0 Å². The van der Waals surface area contributed by atoms with E-state index in [1.807, 2.05) is 20.8 Å². The van der Waals surface area contributed by atoms with Gasteiger partial charge in [-0.05, 0) is 67.8 Å². The SMILES string of the molecule is CCCCNC(=O)[C@@H](CC)N(Cc1ccc(Cl)cc1)C(=O)CN(c1cccc(Cl)c1)S(=O)(=O)c1ccc(C)cc1. The number of nitrogens with one attached hydrogen (secondary N) is 1. The van der Waals surface area contributed by atoms with Crippen LogP contribution in [-0.4, -0.2) is 44.3 Å². The summed E-state index contributed by atoms with van der Waals surface area (Å²) in [7, 11) is -4.16. The van der Waals surface area contributed by atoms with Gasteiger partial charge in [0.2, 0.25) is 11.8 Å². The van der Waals surface area contributed by atoms with E-state index in [2.05, 4.69) is 5.32 Å². The van der Waals surface area contributed by atoms with E-state index < -0.39 is 28.5 Å². The molecule has 214 valence electrons. The normalized spacial score (nSPS) is 12.0. The fraction of sp³-hybridized carbons (Fsp3) is 0.333. The Morgan fingerprint density at radius 3 is 2.20 bits per heavy atom. The van der Waals surface area contributed by atoms with Crippen molar-refractivity contribution < 1.29 is 18.0 Å². The van der Waals surface area contributed by atoms with Gasteiger partial charge in [-0.1, -0.05) is 79.4 Å². The van der Waals surface area contributed by atoms with Crippen LogP contribution in [0.3, 0.4) is 0 Å². The van der Waals surface area contributed by atoms with Gasteiger partial charge in [0.05, 0.1) is 10.6 Å². The predicted molar refractivity (Wildman–Crippen MR) is 161 cm³/mol. The molecule has 10 heteroatoms. The van der Waals surface area contributed by atoms with Gasteiger partial charge in [0.1, 0.15) is 12.6 Å². The molecule has 0 aliphatic heterocycles. The molecule has 3 aromatic rings. The van der Waals surface area contributed by atoms with Crippen molar-refractivity contribution in [3.63, 3.8) is 0 Å². The molecular formula is C30H35Cl2N3O4S. The number of carbonyl (C=O) groups is 2. The molecule has 3 aromatic carbocycles. The second kappa shape index (κ2) is 14.5. The van der Waals surface area contributed by atoms with E-state index in [0.29, 0.717) is 23.0 Å². The number of hydrogen-bond donors (Lipinski definition) is 1. The van der Waals surface area contributed by atoms with Gasteiger partial charge in [-0.3, -0.25) is 13.9 Å². The summed E-state index contributed by atoms with van der Waals surface area (Å²) in [5.41, 5.74) is 1.90. The molecule has 0 radical (unpaired) electrons. The van der Waals surface area contributed by atoms with E-state index in [9.17, 15) is 18.0 Å². The third kappa shape index (κ3) is 8.22. The molecule has 0 unspecified atom stereocenters. The minimum atomic E-state index is -4.16. The lowest BCUT2D eigenvalue weighted by Gasteiger charge is -2.33. The number of amides is 2. The maximum atomic E-state index is 14.0. The number of unbranched alkanes of at least 4 members (excludes halogenated alkanes) is 1. The van der Waals surface area contributed by atoms with Crippen molar-refractivity contribution in [2.24, 2.45) is 0 Å². The first-order chi connectivity index (χ1) is 19.1. The standard InChI is InChI=1S/C30H35Cl2N3O4S/c1-4-6-18-33-30(37)28(5-2)34(20-23-12-14-24(31)15-13-23)29(36)21-35(26-9-7-8-25(32)19-26)40(38,39)27-16-10-22(3)11-17-27/h7-17,19,28H,4-6,18,20-21H2,1-3H3,(H,33,37)/t28-/m1/s1. The van der Waals surface area contributed by atoms with Crippen LogP contribution in [0.15, 0.2) is 77.7 Å². The van der Waals surface area contributed by atoms with E-state index in [1.54, 1.807) is 54.6 Å². The Morgan fingerprint density at radius 2 is 1.60 bits per heavy atom. The number of aryl methyl sites for hydroxylation is 1. The number of benzene rings is 3. The molecule has 40 heavy (non-hydrogen) atoms. The molecule has 0 fully saturated rings. The van der Waals surface area contributed by atoms with Gasteiger partial charge >= 0.3 is 0 Å². The lowest BCUT2D eigenvalue weighted by molar-refractivity contribution is -0.140. The Bertz CT molecular complexity index is 1400. The lowest BCUT2D eigenvalue weighted by atomic mass is 10.1. The highest BCUT2D eigenvalue weighted by Crippen LogP contribution is 2.27. The molecule has 0 spiro atoms. The molecule has 2 amide bonds. The molecule has 0 aliphatic carbocycles. The number of halogens is 2. The van der Waals surface area contributed by atoms with Crippen molar-refractivity contribution in [2.75, 3.05) is 17.4 Å². The minimum absolute atomic E-state index is 0.0412. The molecular weight excluding hydrogens is 569 g/mol. The van der Waals surface area contributed by atoms with Gasteiger partial charge in [0.15, 0.2) is 0 Å². The molecule has 1 N–H and O–H groups in total. The summed E-state index contributed by atoms with van der Waals surface area (Å²) in [4.78, 5) is 28.7. The number of rotatable bonds is 13. The van der Waals surface area contributed by atoms with Crippen molar-refractivity contribution >= 4 is 50.7 Å². The van der Waals surface area contributed by atoms with Gasteiger partial charge in [-0.2, -0.15) is 0 Å². The van der Waals surface area contributed by atoms with E-state index in [-0.39, 0.29) is 23.0 Å². The second-order valence-electron chi connectivity index (χ2n) is 9.52. The molecule has 0 aromatic heterocycles. The highest BCUT2D eigenvalue weighted by atomic mass is 35.5. The minimum Gasteiger partial charge on any atom is -0.354 e. The molecule has 0 heterocycles. The van der Waals surface area contributed by atoms with Crippen LogP contribution in [0.5, 0.6) is 0 Å². The predicted octanol–water partition coefficient (Wildman–Crippen LogP) is 6.22. The number of anilines is 1. The van der Waals surface area contributed by atoms with E-state index >= 15 is 0 Å². The third-order valence-electron chi connectivity index (χ3n) is 6.47. The maximum absolute atomic E-state index is 14.0. The monoisotopic (exact) mass is 603 g/mol. The summed E-state index contributed by atoms with van der Waals surface area (Å²) >= 11 is 12.3. The van der Waals surface area contributed by atoms with Crippen LogP contribution in [-0.2, 0) is 26.2 Å². The van der Waals surface area contributed by atoms with Crippen molar-refractivity contribution in [3.05, 3.63) is 94.0 Å². The van der Waals surface area contributed by atoms with Crippen molar-refractivity contribution in [1.29, 1.82) is 0 Å². The van der Waals surface area contributed by atoms with E-state index in [1.165, 1.54) is 23.1 Å². The Kier molecular flexibility index (Phi) is 11.4. The van der Waals surface area contributed by atoms with Gasteiger partial charge in [0.25, 0.3) is 10.0 Å². The zero-order valence-electron chi connectivity index (χ0n) is 22.9. The highest BCUT2D eigenvalue weighted by molar-refractivity contribution is 7.92. The van der Waals surface area contributed by atoms with Crippen molar-refractivity contribution in [1.82, 2.24) is 10.2 Å². The molecule has 0 aliphatic rings. The fourth-order valence-electron chi connectivity index (χ4n) is 4.21. The zero-order valence-corrected chi connectivity index (χ0v) is 25.3. The van der Waals surface area contributed by atoms with Crippen molar-refractivity contribution in [2.45, 2.75) is 57.5 Å². The number of nitrogens with zero attached hydrogens (tertiary/aromatic N) is 2. The first-order valence-corrected chi connectivity index (χ1v) is 15.4. The first kappa shape index (κ1) is 31.5. The number of hydrogen-bond acceptors (Lipinski definition) is 4. The number of sulfonamides is 1. The average Bonchev–Trinajstić information content (AvgIpc) is 2.93. The largest absolute Gasteiger partial charge is 0.354 e. The molecule has 1 atom stereocenters. The first-order valence-electron chi connectivity index (χ1n) is 13.2. The summed E-state index contributed by atoms with van der Waals surface area (Å²) in [6, 6.07) is 18.9. The molecule has 0 saturated carbocycles. The van der Waals surface area contributed by atoms with E-state index in [4.69, 9.17) is 23.2 Å². The summed E-state index contributed by atoms with van der Waals surface area (Å²) in [5, 5.41) is 3.79. The van der Waals surface area contributed by atoms with Gasteiger partial charge in [-0.15, -0.1) is 0 Å². The van der Waals surface area contributed by atoms with Crippen LogP contribution < -0.4 is 9.62 Å². The van der Waals surface area contributed by atoms with Gasteiger partial charge < -0.3 is 10.2 Å². The highest BCUT2D eigenvalue weighted by Gasteiger charge is 2.33. The molecule has 0 bridgehead atoms. The van der Waals surface area contributed by atoms with Crippen LogP contribution in [0.2, 0.25) is 10.0 Å². The quantitative estimate of drug-likeness (QED) is 0.235. The summed E-state index contributed by atoms with van der Waals surface area (Å²) < 4.78 is 28.8. The van der Waals surface area contributed by atoms with Crippen LogP contribution in [0.4, 0.5) is 5.69 Å². The van der Waals surface area contributed by atoms with Gasteiger partial charge in [-0.25, -0.2) is 8.42 Å². The molecule has 3 rings (SSSR count). The summed E-state index contributed by atoms with van der Waals surface area (Å²) in [5.74, 6) is -0.808. The Labute approximate surface area is 247 Å². The summed E-state index contributed by atoms with van der Waals surface area (Å²) in [6.07, 6.45) is 2.07. The van der Waals surface area contributed by atoms with Gasteiger partial charge in [0, 0.05) is 23.1 Å². The number of carbonyl (C=O) groups excluding carboxylic acids is 2. The maximum Gasteiger partial charge on any atom is 0.264 e. The molecule has 0 saturated heterocycles. The zero-order chi connectivity index (χ0) is 29.3. The fourth-order valence-corrected chi connectivity index (χ4v) is 5.93. The Morgan fingerprint density at radius 1 is 0.925 bits per heavy atom. The van der Waals surface area contributed by atoms with E-state index in [0.717, 1.165) is 28.3 Å². The second-order valence-corrected chi connectivity index (χ2v) is 12.3. The third-order valence-corrected chi connectivity index (χ3v) is 8.74. The lowest BCUT2D eigenvalue weighted by Crippen LogP contribution is -2.52. The molecule has 7 nitrogen and oxygen atoms in total. The average molecular weight is 605 g/mol.